The van der Waals surface area contributed by atoms with Gasteiger partial charge in [0.15, 0.2) is 0 Å². The lowest BCUT2D eigenvalue weighted by Crippen LogP contribution is -1.85. The van der Waals surface area contributed by atoms with Crippen LogP contribution >= 0.6 is 11.6 Å². The summed E-state index contributed by atoms with van der Waals surface area (Å²) in [5.41, 5.74) is 1.19. The standard InChI is InChI=1S/C12H15ClO/c1-14-10-4-2-3-5-11-6-8-12(13)9-7-11/h3,5-9H,2,4,10H2,1H3/b5-3+. The third-order valence-electron chi connectivity index (χ3n) is 1.90. The smallest absolute Gasteiger partial charge is 0.0465 e. The van der Waals surface area contributed by atoms with E-state index in [0.29, 0.717) is 0 Å². The maximum Gasteiger partial charge on any atom is 0.0465 e. The number of ether oxygens (including phenoxy) is 1. The molecule has 0 unspecified atom stereocenters. The predicted molar refractivity (Wildman–Crippen MR) is 61.6 cm³/mol. The van der Waals surface area contributed by atoms with E-state index in [0.717, 1.165) is 24.5 Å². The van der Waals surface area contributed by atoms with Crippen LogP contribution in [0.1, 0.15) is 18.4 Å². The molecule has 0 aliphatic heterocycles. The van der Waals surface area contributed by atoms with Gasteiger partial charge in [-0.2, -0.15) is 0 Å². The van der Waals surface area contributed by atoms with E-state index in [1.165, 1.54) is 5.56 Å². The Hall–Kier alpha value is -0.790. The molecule has 2 heteroatoms. The maximum atomic E-state index is 5.77. The summed E-state index contributed by atoms with van der Waals surface area (Å²) in [6, 6.07) is 7.82. The number of hydrogen-bond acceptors (Lipinski definition) is 1. The van der Waals surface area contributed by atoms with Gasteiger partial charge in [-0.15, -0.1) is 0 Å². The summed E-state index contributed by atoms with van der Waals surface area (Å²) in [5.74, 6) is 0. The molecule has 1 aromatic rings. The third-order valence-corrected chi connectivity index (χ3v) is 2.15. The van der Waals surface area contributed by atoms with Crippen LogP contribution in [0.5, 0.6) is 0 Å². The average molecular weight is 211 g/mol. The average Bonchev–Trinajstić information content (AvgIpc) is 2.21. The minimum atomic E-state index is 0.779. The fraction of sp³-hybridized carbons (Fsp3) is 0.333. The van der Waals surface area contributed by atoms with Gasteiger partial charge in [-0.3, -0.25) is 0 Å². The normalized spacial score (nSPS) is 11.0. The van der Waals surface area contributed by atoms with Gasteiger partial charge >= 0.3 is 0 Å². The summed E-state index contributed by atoms with van der Waals surface area (Å²) in [7, 11) is 1.73. The topological polar surface area (TPSA) is 9.23 Å². The van der Waals surface area contributed by atoms with Crippen molar-refractivity contribution >= 4 is 17.7 Å². The molecule has 0 spiro atoms. The van der Waals surface area contributed by atoms with E-state index in [1.807, 2.05) is 24.3 Å². The Balaban J connectivity index is 2.33. The molecule has 0 N–H and O–H groups in total. The molecule has 0 aliphatic carbocycles. The van der Waals surface area contributed by atoms with Gasteiger partial charge < -0.3 is 4.74 Å². The number of benzene rings is 1. The molecular formula is C12H15ClO. The van der Waals surface area contributed by atoms with Crippen molar-refractivity contribution in [1.82, 2.24) is 0 Å². The molecule has 0 aliphatic rings. The Morgan fingerprint density at radius 1 is 1.29 bits per heavy atom. The second kappa shape index (κ2) is 6.63. The highest BCUT2D eigenvalue weighted by Gasteiger charge is 1.87. The Bertz CT molecular complexity index is 277. The highest BCUT2D eigenvalue weighted by molar-refractivity contribution is 6.30. The van der Waals surface area contributed by atoms with Crippen LogP contribution in [0.2, 0.25) is 5.02 Å². The molecule has 0 amide bonds. The molecule has 0 aromatic heterocycles. The molecular weight excluding hydrogens is 196 g/mol. The van der Waals surface area contributed by atoms with Crippen molar-refractivity contribution in [1.29, 1.82) is 0 Å². The molecule has 14 heavy (non-hydrogen) atoms. The minimum Gasteiger partial charge on any atom is -0.385 e. The number of unbranched alkanes of at least 4 members (excludes halogenated alkanes) is 1. The summed E-state index contributed by atoms with van der Waals surface area (Å²) in [5, 5.41) is 0.779. The Kier molecular flexibility index (Phi) is 5.35. The second-order valence-electron chi connectivity index (χ2n) is 3.09. The van der Waals surface area contributed by atoms with Crippen LogP contribution in [0, 0.1) is 0 Å². The number of allylic oxidation sites excluding steroid dienone is 1. The van der Waals surface area contributed by atoms with E-state index in [2.05, 4.69) is 12.2 Å². The Morgan fingerprint density at radius 2 is 2.00 bits per heavy atom. The second-order valence-corrected chi connectivity index (χ2v) is 3.53. The van der Waals surface area contributed by atoms with Gasteiger partial charge in [-0.1, -0.05) is 35.9 Å². The fourth-order valence-corrected chi connectivity index (χ4v) is 1.26. The van der Waals surface area contributed by atoms with E-state index in [-0.39, 0.29) is 0 Å². The van der Waals surface area contributed by atoms with Crippen LogP contribution < -0.4 is 0 Å². The Labute approximate surface area is 90.3 Å². The number of hydrogen-bond donors (Lipinski definition) is 0. The molecule has 0 radical (unpaired) electrons. The van der Waals surface area contributed by atoms with Crippen molar-refractivity contribution in [3.63, 3.8) is 0 Å². The first-order valence-corrected chi connectivity index (χ1v) is 5.12. The highest BCUT2D eigenvalue weighted by Crippen LogP contribution is 2.10. The molecule has 76 valence electrons. The van der Waals surface area contributed by atoms with E-state index in [4.69, 9.17) is 16.3 Å². The lowest BCUT2D eigenvalue weighted by atomic mass is 10.2. The zero-order chi connectivity index (χ0) is 10.2. The molecule has 0 bridgehead atoms. The van der Waals surface area contributed by atoms with E-state index in [9.17, 15) is 0 Å². The SMILES string of the molecule is COCCC/C=C/c1ccc(Cl)cc1. The van der Waals surface area contributed by atoms with Gasteiger partial charge in [0.05, 0.1) is 0 Å². The van der Waals surface area contributed by atoms with Crippen molar-refractivity contribution in [2.75, 3.05) is 13.7 Å². The zero-order valence-electron chi connectivity index (χ0n) is 8.37. The first kappa shape index (κ1) is 11.3. The molecule has 0 fully saturated rings. The quantitative estimate of drug-likeness (QED) is 0.673. The van der Waals surface area contributed by atoms with E-state index >= 15 is 0 Å². The number of methoxy groups -OCH3 is 1. The summed E-state index contributed by atoms with van der Waals surface area (Å²) >= 11 is 5.77. The molecule has 0 saturated carbocycles. The first-order valence-electron chi connectivity index (χ1n) is 4.74. The lowest BCUT2D eigenvalue weighted by molar-refractivity contribution is 0.196. The van der Waals surface area contributed by atoms with Crippen LogP contribution in [-0.4, -0.2) is 13.7 Å². The van der Waals surface area contributed by atoms with Gasteiger partial charge in [0, 0.05) is 18.7 Å². The number of rotatable bonds is 5. The molecule has 0 heterocycles. The molecule has 1 aromatic carbocycles. The summed E-state index contributed by atoms with van der Waals surface area (Å²) in [6.45, 7) is 0.824. The minimum absolute atomic E-state index is 0.779. The van der Waals surface area contributed by atoms with Crippen molar-refractivity contribution in [2.45, 2.75) is 12.8 Å². The highest BCUT2D eigenvalue weighted by atomic mass is 35.5. The fourth-order valence-electron chi connectivity index (χ4n) is 1.14. The van der Waals surface area contributed by atoms with Gasteiger partial charge in [-0.05, 0) is 30.5 Å². The number of halogens is 1. The van der Waals surface area contributed by atoms with Crippen LogP contribution in [0.25, 0.3) is 6.08 Å². The van der Waals surface area contributed by atoms with Crippen LogP contribution in [-0.2, 0) is 4.74 Å². The van der Waals surface area contributed by atoms with Gasteiger partial charge in [0.1, 0.15) is 0 Å². The molecule has 0 atom stereocenters. The predicted octanol–water partition coefficient (Wildman–Crippen LogP) is 3.78. The van der Waals surface area contributed by atoms with Crippen molar-refractivity contribution < 1.29 is 4.74 Å². The van der Waals surface area contributed by atoms with Crippen LogP contribution in [0.4, 0.5) is 0 Å². The summed E-state index contributed by atoms with van der Waals surface area (Å²) in [6.07, 6.45) is 6.38. The largest absolute Gasteiger partial charge is 0.385 e. The van der Waals surface area contributed by atoms with Crippen LogP contribution in [0.3, 0.4) is 0 Å². The Morgan fingerprint density at radius 3 is 2.64 bits per heavy atom. The van der Waals surface area contributed by atoms with Crippen molar-refractivity contribution in [3.05, 3.63) is 40.9 Å². The van der Waals surface area contributed by atoms with Gasteiger partial charge in [-0.25, -0.2) is 0 Å². The van der Waals surface area contributed by atoms with Crippen molar-refractivity contribution in [2.24, 2.45) is 0 Å². The first-order chi connectivity index (χ1) is 6.83. The molecule has 0 saturated heterocycles. The zero-order valence-corrected chi connectivity index (χ0v) is 9.13. The summed E-state index contributed by atoms with van der Waals surface area (Å²) in [4.78, 5) is 0. The van der Waals surface area contributed by atoms with Crippen molar-refractivity contribution in [3.8, 4) is 0 Å². The van der Waals surface area contributed by atoms with Crippen LogP contribution in [0.15, 0.2) is 30.3 Å². The van der Waals surface area contributed by atoms with Gasteiger partial charge in [0.2, 0.25) is 0 Å². The van der Waals surface area contributed by atoms with Gasteiger partial charge in [0.25, 0.3) is 0 Å². The lowest BCUT2D eigenvalue weighted by Gasteiger charge is -1.95. The molecule has 1 nitrogen and oxygen atoms in total. The summed E-state index contributed by atoms with van der Waals surface area (Å²) < 4.78 is 4.96. The third kappa shape index (κ3) is 4.45. The monoisotopic (exact) mass is 210 g/mol. The molecule has 1 rings (SSSR count). The maximum absolute atomic E-state index is 5.77. The van der Waals surface area contributed by atoms with E-state index in [1.54, 1.807) is 7.11 Å². The van der Waals surface area contributed by atoms with E-state index < -0.39 is 0 Å².